The lowest BCUT2D eigenvalue weighted by atomic mass is 9.98. The zero-order chi connectivity index (χ0) is 20.6. The monoisotopic (exact) mass is 381 g/mol. The summed E-state index contributed by atoms with van der Waals surface area (Å²) in [5.41, 5.74) is 8.08. The smallest absolute Gasteiger partial charge is 0.287 e. The minimum atomic E-state index is -0.738. The first-order valence-electron chi connectivity index (χ1n) is 8.80. The highest BCUT2D eigenvalue weighted by atomic mass is 16.3. The summed E-state index contributed by atoms with van der Waals surface area (Å²) < 4.78 is 1.50. The maximum absolute atomic E-state index is 11.9. The molecule has 0 atom stereocenters. The van der Waals surface area contributed by atoms with E-state index in [9.17, 15) is 15.0 Å². The van der Waals surface area contributed by atoms with Gasteiger partial charge in [-0.05, 0) is 41.8 Å². The van der Waals surface area contributed by atoms with Crippen molar-refractivity contribution in [3.63, 3.8) is 0 Å². The second-order valence-corrected chi connectivity index (χ2v) is 7.04. The first kappa shape index (κ1) is 19.2. The molecule has 1 heterocycles. The van der Waals surface area contributed by atoms with Crippen LogP contribution in [0.1, 0.15) is 35.9 Å². The number of phenolic OH excluding ortho intramolecular Hbond substituents is 2. The molecule has 0 fully saturated rings. The van der Waals surface area contributed by atoms with E-state index < -0.39 is 5.91 Å². The Bertz CT molecular complexity index is 1020. The molecule has 146 valence electrons. The molecule has 8 heteroatoms. The number of anilines is 1. The summed E-state index contributed by atoms with van der Waals surface area (Å²) in [6.45, 7) is 3.85. The van der Waals surface area contributed by atoms with Crippen LogP contribution in [0.4, 0.5) is 5.69 Å². The molecule has 0 radical (unpaired) electrons. The van der Waals surface area contributed by atoms with E-state index in [0.717, 1.165) is 5.69 Å². The molecule has 8 nitrogen and oxygen atoms in total. The quantitative estimate of drug-likeness (QED) is 0.625. The average molecular weight is 381 g/mol. The number of phenols is 2. The van der Waals surface area contributed by atoms with Crippen LogP contribution < -0.4 is 10.6 Å². The summed E-state index contributed by atoms with van der Waals surface area (Å²) >= 11 is 0. The van der Waals surface area contributed by atoms with Crippen molar-refractivity contribution in [2.24, 2.45) is 5.73 Å². The minimum absolute atomic E-state index is 0.00669. The van der Waals surface area contributed by atoms with Crippen molar-refractivity contribution in [3.8, 4) is 28.6 Å². The van der Waals surface area contributed by atoms with Gasteiger partial charge in [-0.15, -0.1) is 10.2 Å². The molecule has 0 aliphatic carbocycles. The maximum Gasteiger partial charge on any atom is 0.287 e. The number of nitrogens with two attached hydrogens (primary N) is 1. The molecule has 0 saturated carbocycles. The van der Waals surface area contributed by atoms with Crippen molar-refractivity contribution in [3.05, 3.63) is 47.8 Å². The van der Waals surface area contributed by atoms with Crippen LogP contribution in [-0.4, -0.2) is 45.0 Å². The Morgan fingerprint density at radius 2 is 1.71 bits per heavy atom. The van der Waals surface area contributed by atoms with E-state index in [-0.39, 0.29) is 29.1 Å². The Kier molecular flexibility index (Phi) is 4.96. The van der Waals surface area contributed by atoms with E-state index in [4.69, 9.17) is 5.73 Å². The van der Waals surface area contributed by atoms with E-state index in [0.29, 0.717) is 16.8 Å². The van der Waals surface area contributed by atoms with E-state index in [1.807, 2.05) is 57.1 Å². The highest BCUT2D eigenvalue weighted by Gasteiger charge is 2.23. The van der Waals surface area contributed by atoms with Gasteiger partial charge in [0.05, 0.1) is 5.56 Å². The maximum atomic E-state index is 11.9. The molecule has 0 spiro atoms. The van der Waals surface area contributed by atoms with Crippen LogP contribution in [0.5, 0.6) is 11.5 Å². The Balaban J connectivity index is 2.24. The van der Waals surface area contributed by atoms with Gasteiger partial charge in [0.2, 0.25) is 5.82 Å². The molecule has 3 rings (SSSR count). The number of nitrogens with zero attached hydrogens (tertiary/aromatic N) is 4. The summed E-state index contributed by atoms with van der Waals surface area (Å²) in [4.78, 5) is 13.9. The molecule has 4 N–H and O–H groups in total. The SMILES string of the molecule is CC(C)c1cc(-c2nnc(C(N)=O)n2-c2ccc(N(C)C)cc2)c(O)cc1O. The summed E-state index contributed by atoms with van der Waals surface area (Å²) in [5.74, 6) is -0.690. The third-order valence-corrected chi connectivity index (χ3v) is 4.52. The Hall–Kier alpha value is -3.55. The number of benzene rings is 2. The highest BCUT2D eigenvalue weighted by molar-refractivity contribution is 5.91. The molecule has 0 aliphatic heterocycles. The Morgan fingerprint density at radius 1 is 1.07 bits per heavy atom. The molecule has 0 unspecified atom stereocenters. The minimum Gasteiger partial charge on any atom is -0.508 e. The fraction of sp³-hybridized carbons (Fsp3) is 0.250. The normalized spacial score (nSPS) is 11.0. The van der Waals surface area contributed by atoms with Gasteiger partial charge in [0, 0.05) is 31.5 Å². The molecule has 0 saturated heterocycles. The third-order valence-electron chi connectivity index (χ3n) is 4.52. The zero-order valence-electron chi connectivity index (χ0n) is 16.2. The van der Waals surface area contributed by atoms with Crippen LogP contribution in [0, 0.1) is 0 Å². The van der Waals surface area contributed by atoms with Crippen LogP contribution in [-0.2, 0) is 0 Å². The van der Waals surface area contributed by atoms with Crippen molar-refractivity contribution in [2.75, 3.05) is 19.0 Å². The number of aromatic hydroxyl groups is 2. The van der Waals surface area contributed by atoms with Gasteiger partial charge < -0.3 is 20.8 Å². The number of primary amides is 1. The first-order chi connectivity index (χ1) is 13.2. The standard InChI is InChI=1S/C20H23N5O3/c1-11(2)14-9-15(17(27)10-16(14)26)19-22-23-20(18(21)28)25(19)13-7-5-12(6-8-13)24(3)4/h5-11,26-27H,1-4H3,(H2,21,28). The summed E-state index contributed by atoms with van der Waals surface area (Å²) in [5, 5.41) is 28.5. The number of carbonyl (C=O) groups is 1. The molecular weight excluding hydrogens is 358 g/mol. The second-order valence-electron chi connectivity index (χ2n) is 7.04. The molecule has 0 aliphatic rings. The van der Waals surface area contributed by atoms with E-state index >= 15 is 0 Å². The lowest BCUT2D eigenvalue weighted by Crippen LogP contribution is -2.18. The predicted octanol–water partition coefficient (Wildman–Crippen LogP) is 2.63. The molecule has 1 amide bonds. The largest absolute Gasteiger partial charge is 0.508 e. The number of rotatable bonds is 5. The van der Waals surface area contributed by atoms with Gasteiger partial charge in [0.25, 0.3) is 5.91 Å². The van der Waals surface area contributed by atoms with Gasteiger partial charge in [-0.25, -0.2) is 0 Å². The molecule has 3 aromatic rings. The van der Waals surface area contributed by atoms with Crippen LogP contribution in [0.2, 0.25) is 0 Å². The van der Waals surface area contributed by atoms with Crippen LogP contribution >= 0.6 is 0 Å². The van der Waals surface area contributed by atoms with Crippen LogP contribution in [0.3, 0.4) is 0 Å². The lowest BCUT2D eigenvalue weighted by molar-refractivity contribution is 0.0988. The summed E-state index contributed by atoms with van der Waals surface area (Å²) in [6, 6.07) is 10.3. The van der Waals surface area contributed by atoms with Gasteiger partial charge in [0.15, 0.2) is 5.82 Å². The molecule has 1 aromatic heterocycles. The van der Waals surface area contributed by atoms with Crippen molar-refractivity contribution < 1.29 is 15.0 Å². The van der Waals surface area contributed by atoms with Gasteiger partial charge >= 0.3 is 0 Å². The van der Waals surface area contributed by atoms with E-state index in [1.54, 1.807) is 6.07 Å². The second kappa shape index (κ2) is 7.22. The fourth-order valence-electron chi connectivity index (χ4n) is 3.00. The summed E-state index contributed by atoms with van der Waals surface area (Å²) in [6.07, 6.45) is 0. The number of hydrogen-bond acceptors (Lipinski definition) is 6. The number of aromatic nitrogens is 3. The number of carbonyl (C=O) groups excluding carboxylic acids is 1. The highest BCUT2D eigenvalue weighted by Crippen LogP contribution is 2.38. The predicted molar refractivity (Wildman–Crippen MR) is 107 cm³/mol. The number of hydrogen-bond donors (Lipinski definition) is 3. The van der Waals surface area contributed by atoms with Gasteiger partial charge in [-0.2, -0.15) is 0 Å². The first-order valence-corrected chi connectivity index (χ1v) is 8.80. The van der Waals surface area contributed by atoms with Gasteiger partial charge in [-0.3, -0.25) is 9.36 Å². The van der Waals surface area contributed by atoms with Crippen molar-refractivity contribution >= 4 is 11.6 Å². The fourth-order valence-corrected chi connectivity index (χ4v) is 3.00. The van der Waals surface area contributed by atoms with Crippen molar-refractivity contribution in [1.29, 1.82) is 0 Å². The van der Waals surface area contributed by atoms with Crippen molar-refractivity contribution in [2.45, 2.75) is 19.8 Å². The van der Waals surface area contributed by atoms with Crippen LogP contribution in [0.25, 0.3) is 17.1 Å². The van der Waals surface area contributed by atoms with E-state index in [2.05, 4.69) is 10.2 Å². The Morgan fingerprint density at radius 3 is 2.25 bits per heavy atom. The zero-order valence-corrected chi connectivity index (χ0v) is 16.2. The topological polar surface area (TPSA) is 118 Å². The number of amides is 1. The third kappa shape index (κ3) is 3.36. The van der Waals surface area contributed by atoms with E-state index in [1.165, 1.54) is 10.6 Å². The van der Waals surface area contributed by atoms with Gasteiger partial charge in [0.1, 0.15) is 11.5 Å². The molecule has 0 bridgehead atoms. The molecular formula is C20H23N5O3. The van der Waals surface area contributed by atoms with Crippen molar-refractivity contribution in [1.82, 2.24) is 14.8 Å². The van der Waals surface area contributed by atoms with Gasteiger partial charge in [-0.1, -0.05) is 13.8 Å². The summed E-state index contributed by atoms with van der Waals surface area (Å²) in [7, 11) is 3.85. The lowest BCUT2D eigenvalue weighted by Gasteiger charge is -2.16. The Labute approximate surface area is 162 Å². The van der Waals surface area contributed by atoms with Crippen LogP contribution in [0.15, 0.2) is 36.4 Å². The average Bonchev–Trinajstić information content (AvgIpc) is 3.06. The molecule has 28 heavy (non-hydrogen) atoms. The molecule has 2 aromatic carbocycles.